The molecule has 3 N–H and O–H groups in total. The molecule has 0 radical (unpaired) electrons. The number of thioether (sulfide) groups is 1. The largest absolute Gasteiger partial charge is 0.508 e. The van der Waals surface area contributed by atoms with Gasteiger partial charge in [0.2, 0.25) is 0 Å². The molecule has 7 nitrogen and oxygen atoms in total. The molecule has 2 aromatic carbocycles. The minimum atomic E-state index is -0.465. The fourth-order valence-corrected chi connectivity index (χ4v) is 4.04. The summed E-state index contributed by atoms with van der Waals surface area (Å²) in [5.41, 5.74) is 5.10. The Labute approximate surface area is 169 Å². The molecular formula is C19H15ClN4O3S. The second-order valence-electron chi connectivity index (χ2n) is 6.13. The van der Waals surface area contributed by atoms with Gasteiger partial charge in [0.1, 0.15) is 16.8 Å². The summed E-state index contributed by atoms with van der Waals surface area (Å²) in [5, 5.41) is 17.9. The number of hydrogen-bond acceptors (Lipinski definition) is 5. The van der Waals surface area contributed by atoms with E-state index in [1.807, 2.05) is 12.1 Å². The predicted molar refractivity (Wildman–Crippen MR) is 107 cm³/mol. The van der Waals surface area contributed by atoms with Crippen molar-refractivity contribution in [1.82, 2.24) is 20.6 Å². The Morgan fingerprint density at radius 2 is 1.93 bits per heavy atom. The van der Waals surface area contributed by atoms with E-state index in [1.165, 1.54) is 16.8 Å². The minimum Gasteiger partial charge on any atom is -0.508 e. The van der Waals surface area contributed by atoms with Crippen LogP contribution in [0.1, 0.15) is 21.4 Å². The first-order valence-electron chi connectivity index (χ1n) is 8.36. The molecule has 1 fully saturated rings. The molecule has 142 valence electrons. The molecule has 0 aliphatic carbocycles. The smallest absolute Gasteiger partial charge is 0.287 e. The summed E-state index contributed by atoms with van der Waals surface area (Å²) in [4.78, 5) is 24.9. The fraction of sp³-hybridized carbons (Fsp3) is 0.105. The van der Waals surface area contributed by atoms with Crippen LogP contribution in [0.2, 0.25) is 5.02 Å². The van der Waals surface area contributed by atoms with E-state index in [1.54, 1.807) is 42.5 Å². The molecular weight excluding hydrogens is 400 g/mol. The van der Waals surface area contributed by atoms with Crippen LogP contribution in [0.25, 0.3) is 11.3 Å². The van der Waals surface area contributed by atoms with E-state index in [9.17, 15) is 14.7 Å². The van der Waals surface area contributed by atoms with E-state index in [2.05, 4.69) is 15.6 Å². The number of halogens is 1. The summed E-state index contributed by atoms with van der Waals surface area (Å²) in [5.74, 6) is -0.271. The van der Waals surface area contributed by atoms with Crippen molar-refractivity contribution >= 4 is 35.2 Å². The molecule has 28 heavy (non-hydrogen) atoms. The Hall–Kier alpha value is -2.97. The fourth-order valence-electron chi connectivity index (χ4n) is 2.81. The van der Waals surface area contributed by atoms with Gasteiger partial charge in [0, 0.05) is 10.6 Å². The number of rotatable bonds is 4. The zero-order valence-electron chi connectivity index (χ0n) is 14.4. The van der Waals surface area contributed by atoms with Gasteiger partial charge >= 0.3 is 0 Å². The maximum Gasteiger partial charge on any atom is 0.287 e. The summed E-state index contributed by atoms with van der Waals surface area (Å²) in [6.07, 6.45) is 0. The molecule has 1 aromatic heterocycles. The predicted octanol–water partition coefficient (Wildman–Crippen LogP) is 3.35. The van der Waals surface area contributed by atoms with Gasteiger partial charge in [0.05, 0.1) is 11.4 Å². The maximum absolute atomic E-state index is 12.6. The number of aromatic hydroxyl groups is 1. The number of H-pyrrole nitrogens is 1. The van der Waals surface area contributed by atoms with E-state index in [-0.39, 0.29) is 28.5 Å². The molecule has 2 heterocycles. The van der Waals surface area contributed by atoms with E-state index < -0.39 is 5.91 Å². The Balaban J connectivity index is 1.51. The van der Waals surface area contributed by atoms with Crippen LogP contribution in [0.4, 0.5) is 0 Å². The molecule has 4 rings (SSSR count). The van der Waals surface area contributed by atoms with Crippen molar-refractivity contribution in [3.8, 4) is 17.0 Å². The van der Waals surface area contributed by atoms with Gasteiger partial charge in [-0.1, -0.05) is 35.9 Å². The van der Waals surface area contributed by atoms with Crippen LogP contribution in [0.5, 0.6) is 5.75 Å². The monoisotopic (exact) mass is 414 g/mol. The number of nitrogens with zero attached hydrogens (tertiary/aromatic N) is 2. The van der Waals surface area contributed by atoms with E-state index in [4.69, 9.17) is 11.6 Å². The van der Waals surface area contributed by atoms with Gasteiger partial charge in [-0.05, 0) is 35.9 Å². The second-order valence-corrected chi connectivity index (χ2v) is 7.64. The molecule has 1 atom stereocenters. The molecule has 0 saturated carbocycles. The van der Waals surface area contributed by atoms with E-state index in [0.29, 0.717) is 10.7 Å². The minimum absolute atomic E-state index is 0.140. The molecule has 0 bridgehead atoms. The number of benzene rings is 2. The average molecular weight is 415 g/mol. The van der Waals surface area contributed by atoms with Crippen LogP contribution < -0.4 is 5.43 Å². The molecule has 3 aromatic rings. The Morgan fingerprint density at radius 1 is 1.21 bits per heavy atom. The number of nitrogens with one attached hydrogen (secondary N) is 2. The van der Waals surface area contributed by atoms with Crippen molar-refractivity contribution in [2.45, 2.75) is 5.37 Å². The lowest BCUT2D eigenvalue weighted by molar-refractivity contribution is -0.130. The number of amides is 2. The van der Waals surface area contributed by atoms with Crippen LogP contribution in [0.3, 0.4) is 0 Å². The molecule has 0 spiro atoms. The number of hydrogen-bond donors (Lipinski definition) is 3. The van der Waals surface area contributed by atoms with E-state index in [0.717, 1.165) is 11.1 Å². The van der Waals surface area contributed by atoms with Crippen molar-refractivity contribution < 1.29 is 14.7 Å². The Morgan fingerprint density at radius 3 is 2.64 bits per heavy atom. The number of aromatic amines is 1. The molecule has 2 amide bonds. The van der Waals surface area contributed by atoms with Crippen molar-refractivity contribution in [1.29, 1.82) is 0 Å². The lowest BCUT2D eigenvalue weighted by Gasteiger charge is -2.24. The van der Waals surface area contributed by atoms with Gasteiger partial charge in [0.15, 0.2) is 0 Å². The van der Waals surface area contributed by atoms with Gasteiger partial charge in [-0.3, -0.25) is 20.1 Å². The first-order valence-corrected chi connectivity index (χ1v) is 9.79. The second kappa shape index (κ2) is 7.57. The number of carbonyl (C=O) groups is 2. The zero-order valence-corrected chi connectivity index (χ0v) is 16.0. The third kappa shape index (κ3) is 3.69. The molecule has 9 heteroatoms. The summed E-state index contributed by atoms with van der Waals surface area (Å²) < 4.78 is 0. The van der Waals surface area contributed by atoms with Crippen LogP contribution in [0, 0.1) is 0 Å². The van der Waals surface area contributed by atoms with Gasteiger partial charge in [0.25, 0.3) is 11.8 Å². The summed E-state index contributed by atoms with van der Waals surface area (Å²) in [7, 11) is 0. The van der Waals surface area contributed by atoms with Crippen LogP contribution in [0.15, 0.2) is 54.6 Å². The highest BCUT2D eigenvalue weighted by molar-refractivity contribution is 8.00. The Kier molecular flexibility index (Phi) is 4.97. The van der Waals surface area contributed by atoms with Crippen molar-refractivity contribution in [2.75, 3.05) is 5.75 Å². The summed E-state index contributed by atoms with van der Waals surface area (Å²) >= 11 is 7.29. The van der Waals surface area contributed by atoms with Crippen LogP contribution in [-0.4, -0.2) is 37.9 Å². The lowest BCUT2D eigenvalue weighted by Crippen LogP contribution is -2.44. The third-order valence-corrected chi connectivity index (χ3v) is 5.69. The number of phenols is 1. The molecule has 1 aliphatic heterocycles. The highest BCUT2D eigenvalue weighted by Gasteiger charge is 2.34. The van der Waals surface area contributed by atoms with Gasteiger partial charge in [-0.2, -0.15) is 5.10 Å². The number of aromatic nitrogens is 2. The zero-order chi connectivity index (χ0) is 19.7. The molecule has 1 aliphatic rings. The summed E-state index contributed by atoms with van der Waals surface area (Å²) in [6, 6.07) is 15.3. The van der Waals surface area contributed by atoms with Crippen molar-refractivity contribution in [3.63, 3.8) is 0 Å². The normalized spacial score (nSPS) is 16.4. The molecule has 1 unspecified atom stereocenters. The van der Waals surface area contributed by atoms with E-state index >= 15 is 0 Å². The van der Waals surface area contributed by atoms with Crippen LogP contribution in [-0.2, 0) is 4.79 Å². The van der Waals surface area contributed by atoms with Gasteiger partial charge < -0.3 is 5.11 Å². The van der Waals surface area contributed by atoms with Crippen molar-refractivity contribution in [2.24, 2.45) is 0 Å². The summed E-state index contributed by atoms with van der Waals surface area (Å²) in [6.45, 7) is 0. The standard InChI is InChI=1S/C19H15ClN4O3S/c20-13-5-1-11(2-6-13)15-9-16(22-21-15)18(27)23-24-17(26)10-28-19(24)12-3-7-14(25)8-4-12/h1-9,19,25H,10H2,(H,21,22)(H,23,27). The van der Waals surface area contributed by atoms with Crippen LogP contribution >= 0.6 is 23.4 Å². The van der Waals surface area contributed by atoms with Gasteiger partial charge in [-0.25, -0.2) is 5.01 Å². The SMILES string of the molecule is O=C(NN1C(=O)CSC1c1ccc(O)cc1)c1cc(-c2ccc(Cl)cc2)n[nH]1. The van der Waals surface area contributed by atoms with Crippen molar-refractivity contribution in [3.05, 3.63) is 70.9 Å². The number of carbonyl (C=O) groups excluding carboxylic acids is 2. The third-order valence-electron chi connectivity index (χ3n) is 4.23. The van der Waals surface area contributed by atoms with Gasteiger partial charge in [-0.15, -0.1) is 11.8 Å². The highest BCUT2D eigenvalue weighted by atomic mass is 35.5. The topological polar surface area (TPSA) is 98.3 Å². The first-order chi connectivity index (χ1) is 13.5. The number of phenolic OH excluding ortho intramolecular Hbond substituents is 1. The lowest BCUT2D eigenvalue weighted by atomic mass is 10.1. The Bertz CT molecular complexity index is 1020. The maximum atomic E-state index is 12.6. The highest BCUT2D eigenvalue weighted by Crippen LogP contribution is 2.37. The quantitative estimate of drug-likeness (QED) is 0.608. The molecule has 1 saturated heterocycles. The first kappa shape index (κ1) is 18.4. The average Bonchev–Trinajstić information content (AvgIpc) is 3.31. The number of hydrazine groups is 1.